The Morgan fingerprint density at radius 2 is 1.68 bits per heavy atom. The van der Waals surface area contributed by atoms with E-state index in [2.05, 4.69) is 29.6 Å². The highest BCUT2D eigenvalue weighted by Crippen LogP contribution is 2.44. The molecule has 2 N–H and O–H groups in total. The Labute approximate surface area is 197 Å². The molecule has 0 aromatic heterocycles. The highest BCUT2D eigenvalue weighted by molar-refractivity contribution is 5.87. The highest BCUT2D eigenvalue weighted by Gasteiger charge is 2.44. The summed E-state index contributed by atoms with van der Waals surface area (Å²) in [6, 6.07) is 14.9. The number of benzene rings is 2. The fourth-order valence-electron chi connectivity index (χ4n) is 5.12. The first-order chi connectivity index (χ1) is 16.5. The fourth-order valence-corrected chi connectivity index (χ4v) is 5.12. The lowest BCUT2D eigenvalue weighted by atomic mass is 9.98. The smallest absolute Gasteiger partial charge is 0.407 e. The van der Waals surface area contributed by atoms with Crippen molar-refractivity contribution in [3.63, 3.8) is 0 Å². The van der Waals surface area contributed by atoms with E-state index in [1.54, 1.807) is 7.05 Å². The Hall–Kier alpha value is -3.39. The SMILES string of the molecule is CN(C(=O)C(NC(=O)OCC1c2ccccc2-c2ccccc21)C1CC1)C1COCC1C(=O)O. The van der Waals surface area contributed by atoms with Crippen LogP contribution in [0.15, 0.2) is 48.5 Å². The molecular formula is C26H28N2O6. The van der Waals surface area contributed by atoms with E-state index < -0.39 is 30.1 Å². The zero-order valence-corrected chi connectivity index (χ0v) is 19.0. The molecule has 3 atom stereocenters. The van der Waals surface area contributed by atoms with Crippen LogP contribution in [0.1, 0.15) is 29.9 Å². The van der Waals surface area contributed by atoms with E-state index in [0.717, 1.165) is 35.1 Å². The Morgan fingerprint density at radius 3 is 2.26 bits per heavy atom. The number of fused-ring (bicyclic) bond motifs is 3. The lowest BCUT2D eigenvalue weighted by molar-refractivity contribution is -0.145. The van der Waals surface area contributed by atoms with Gasteiger partial charge in [0.15, 0.2) is 0 Å². The van der Waals surface area contributed by atoms with E-state index in [4.69, 9.17) is 9.47 Å². The number of nitrogens with one attached hydrogen (secondary N) is 1. The molecule has 3 unspecified atom stereocenters. The lowest BCUT2D eigenvalue weighted by Crippen LogP contribution is -2.53. The summed E-state index contributed by atoms with van der Waals surface area (Å²) in [5.74, 6) is -2.11. The van der Waals surface area contributed by atoms with Crippen LogP contribution in [0.3, 0.4) is 0 Å². The Bertz CT molecular complexity index is 1070. The Kier molecular flexibility index (Phi) is 6.00. The standard InChI is InChI=1S/C26H28N2O6/c1-28(22-14-33-12-21(22)25(30)31)24(29)23(15-10-11-15)27-26(32)34-13-20-18-8-4-2-6-16(18)17-7-3-5-9-19(17)20/h2-9,15,20-23H,10-14H2,1H3,(H,27,32)(H,30,31). The van der Waals surface area contributed by atoms with Crippen LogP contribution in [0.25, 0.3) is 11.1 Å². The van der Waals surface area contributed by atoms with Crippen molar-refractivity contribution in [1.29, 1.82) is 0 Å². The number of hydrogen-bond donors (Lipinski definition) is 2. The quantitative estimate of drug-likeness (QED) is 0.653. The molecule has 1 heterocycles. The van der Waals surface area contributed by atoms with Gasteiger partial charge >= 0.3 is 12.1 Å². The second kappa shape index (κ2) is 9.10. The minimum absolute atomic E-state index is 0.0287. The molecule has 3 aliphatic rings. The van der Waals surface area contributed by atoms with Gasteiger partial charge in [0, 0.05) is 13.0 Å². The number of carboxylic acids is 1. The van der Waals surface area contributed by atoms with Crippen LogP contribution in [0.2, 0.25) is 0 Å². The molecule has 1 saturated heterocycles. The van der Waals surface area contributed by atoms with Gasteiger partial charge in [-0.3, -0.25) is 9.59 Å². The number of ether oxygens (including phenoxy) is 2. The van der Waals surface area contributed by atoms with Gasteiger partial charge in [-0.25, -0.2) is 4.79 Å². The first-order valence-corrected chi connectivity index (χ1v) is 11.6. The topological polar surface area (TPSA) is 105 Å². The Morgan fingerprint density at radius 1 is 1.06 bits per heavy atom. The van der Waals surface area contributed by atoms with Gasteiger partial charge in [0.25, 0.3) is 0 Å². The molecule has 0 spiro atoms. The van der Waals surface area contributed by atoms with Crippen LogP contribution in [-0.4, -0.2) is 66.9 Å². The van der Waals surface area contributed by atoms with Gasteiger partial charge in [0.2, 0.25) is 5.91 Å². The molecule has 2 fully saturated rings. The molecule has 8 nitrogen and oxygen atoms in total. The molecule has 1 saturated carbocycles. The van der Waals surface area contributed by atoms with Crippen molar-refractivity contribution in [1.82, 2.24) is 10.2 Å². The van der Waals surface area contributed by atoms with Gasteiger partial charge in [-0.15, -0.1) is 0 Å². The van der Waals surface area contributed by atoms with Crippen molar-refractivity contribution < 1.29 is 29.0 Å². The molecule has 1 aliphatic heterocycles. The van der Waals surface area contributed by atoms with E-state index in [9.17, 15) is 19.5 Å². The number of amides is 2. The minimum Gasteiger partial charge on any atom is -0.481 e. The number of hydrogen-bond acceptors (Lipinski definition) is 5. The summed E-state index contributed by atoms with van der Waals surface area (Å²) in [7, 11) is 1.58. The zero-order valence-electron chi connectivity index (χ0n) is 19.0. The number of aliphatic carboxylic acids is 1. The van der Waals surface area contributed by atoms with E-state index in [1.807, 2.05) is 24.3 Å². The van der Waals surface area contributed by atoms with E-state index in [1.165, 1.54) is 4.90 Å². The summed E-state index contributed by atoms with van der Waals surface area (Å²) in [6.45, 7) is 0.409. The lowest BCUT2D eigenvalue weighted by Gasteiger charge is -2.30. The van der Waals surface area contributed by atoms with Gasteiger partial charge in [0.05, 0.1) is 19.3 Å². The maximum Gasteiger partial charge on any atom is 0.407 e. The molecule has 2 aliphatic carbocycles. The maximum absolute atomic E-state index is 13.2. The average Bonchev–Trinajstić information content (AvgIpc) is 3.47. The van der Waals surface area contributed by atoms with E-state index in [0.29, 0.717) is 0 Å². The summed E-state index contributed by atoms with van der Waals surface area (Å²) < 4.78 is 10.9. The number of likely N-dealkylation sites (N-methyl/N-ethyl adjacent to an activating group) is 1. The van der Waals surface area contributed by atoms with Crippen LogP contribution < -0.4 is 5.32 Å². The monoisotopic (exact) mass is 464 g/mol. The summed E-state index contributed by atoms with van der Waals surface area (Å²) in [6.07, 6.45) is 1.02. The number of carbonyl (C=O) groups is 3. The summed E-state index contributed by atoms with van der Waals surface area (Å²) in [5, 5.41) is 12.2. The molecule has 0 radical (unpaired) electrons. The predicted molar refractivity (Wildman–Crippen MR) is 123 cm³/mol. The van der Waals surface area contributed by atoms with Crippen LogP contribution in [0.5, 0.6) is 0 Å². The predicted octanol–water partition coefficient (Wildman–Crippen LogP) is 2.86. The summed E-state index contributed by atoms with van der Waals surface area (Å²) >= 11 is 0. The molecule has 0 bridgehead atoms. The largest absolute Gasteiger partial charge is 0.481 e. The third kappa shape index (κ3) is 4.14. The number of alkyl carbamates (subject to hydrolysis) is 1. The van der Waals surface area contributed by atoms with Gasteiger partial charge < -0.3 is 24.8 Å². The summed E-state index contributed by atoms with van der Waals surface area (Å²) in [4.78, 5) is 38.9. The van der Waals surface area contributed by atoms with Crippen LogP contribution in [-0.2, 0) is 19.1 Å². The second-order valence-electron chi connectivity index (χ2n) is 9.28. The molecule has 8 heteroatoms. The third-order valence-corrected chi connectivity index (χ3v) is 7.19. The van der Waals surface area contributed by atoms with Gasteiger partial charge in [-0.05, 0) is 41.0 Å². The molecule has 2 amide bonds. The first-order valence-electron chi connectivity index (χ1n) is 11.6. The van der Waals surface area contributed by atoms with Crippen molar-refractivity contribution in [2.24, 2.45) is 11.8 Å². The number of carboxylic acid groups (broad SMARTS) is 1. The second-order valence-corrected chi connectivity index (χ2v) is 9.28. The van der Waals surface area contributed by atoms with Crippen molar-refractivity contribution in [2.45, 2.75) is 30.8 Å². The van der Waals surface area contributed by atoms with Crippen molar-refractivity contribution in [2.75, 3.05) is 26.9 Å². The molecule has 178 valence electrons. The molecule has 2 aromatic rings. The molecule has 2 aromatic carbocycles. The summed E-state index contributed by atoms with van der Waals surface area (Å²) in [5.41, 5.74) is 4.53. The highest BCUT2D eigenvalue weighted by atomic mass is 16.5. The molecule has 5 rings (SSSR count). The Balaban J connectivity index is 1.25. The van der Waals surface area contributed by atoms with Crippen molar-refractivity contribution in [3.8, 4) is 11.1 Å². The van der Waals surface area contributed by atoms with Crippen molar-refractivity contribution >= 4 is 18.0 Å². The zero-order chi connectivity index (χ0) is 23.8. The van der Waals surface area contributed by atoms with E-state index in [-0.39, 0.29) is 37.6 Å². The van der Waals surface area contributed by atoms with Crippen molar-refractivity contribution in [3.05, 3.63) is 59.7 Å². The maximum atomic E-state index is 13.2. The van der Waals surface area contributed by atoms with Crippen LogP contribution >= 0.6 is 0 Å². The number of nitrogens with zero attached hydrogens (tertiary/aromatic N) is 1. The fraction of sp³-hybridized carbons (Fsp3) is 0.423. The van der Waals surface area contributed by atoms with Gasteiger partial charge in [-0.2, -0.15) is 0 Å². The normalized spacial score (nSPS) is 21.9. The first kappa shape index (κ1) is 22.4. The van der Waals surface area contributed by atoms with Crippen LogP contribution in [0, 0.1) is 11.8 Å². The molecular weight excluding hydrogens is 436 g/mol. The number of carbonyl (C=O) groups excluding carboxylic acids is 2. The van der Waals surface area contributed by atoms with E-state index >= 15 is 0 Å². The molecule has 34 heavy (non-hydrogen) atoms. The third-order valence-electron chi connectivity index (χ3n) is 7.19. The van der Waals surface area contributed by atoms with Crippen LogP contribution in [0.4, 0.5) is 4.79 Å². The number of rotatable bonds is 7. The van der Waals surface area contributed by atoms with Gasteiger partial charge in [0.1, 0.15) is 18.6 Å². The van der Waals surface area contributed by atoms with Gasteiger partial charge in [-0.1, -0.05) is 48.5 Å². The average molecular weight is 465 g/mol. The minimum atomic E-state index is -0.991.